The minimum atomic E-state index is -4.26. The molecule has 0 spiro atoms. The van der Waals surface area contributed by atoms with Gasteiger partial charge in [-0.1, -0.05) is 0 Å². The van der Waals surface area contributed by atoms with Crippen molar-refractivity contribution < 1.29 is 22.6 Å². The number of rotatable bonds is 10. The number of ether oxygens (including phenoxy) is 2. The van der Waals surface area contributed by atoms with Gasteiger partial charge in [0.05, 0.1) is 6.61 Å². The molecule has 1 rings (SSSR count). The monoisotopic (exact) mass is 325 g/mol. The van der Waals surface area contributed by atoms with Gasteiger partial charge < -0.3 is 19.7 Å². The number of alkyl halides is 3. The first-order chi connectivity index (χ1) is 10.4. The maximum Gasteiger partial charge on any atom is 0.411 e. The number of halogens is 3. The van der Waals surface area contributed by atoms with Crippen LogP contribution in [-0.2, 0) is 9.47 Å². The Balaban J connectivity index is 2.02. The van der Waals surface area contributed by atoms with E-state index in [0.29, 0.717) is 25.5 Å². The highest BCUT2D eigenvalue weighted by Gasteiger charge is 2.27. The molecule has 1 N–H and O–H groups in total. The largest absolute Gasteiger partial charge is 0.411 e. The van der Waals surface area contributed by atoms with Crippen molar-refractivity contribution in [1.82, 2.24) is 10.2 Å². The molecule has 1 saturated carbocycles. The van der Waals surface area contributed by atoms with Crippen LogP contribution in [0.25, 0.3) is 0 Å². The maximum atomic E-state index is 11.9. The van der Waals surface area contributed by atoms with Crippen LogP contribution in [0.2, 0.25) is 0 Å². The van der Waals surface area contributed by atoms with E-state index < -0.39 is 12.8 Å². The molecule has 0 amide bonds. The second kappa shape index (κ2) is 9.89. The second-order valence-corrected chi connectivity index (χ2v) is 5.44. The summed E-state index contributed by atoms with van der Waals surface area (Å²) in [5.41, 5.74) is 0. The third-order valence-electron chi connectivity index (χ3n) is 3.21. The van der Waals surface area contributed by atoms with Gasteiger partial charge in [0.2, 0.25) is 0 Å². The lowest BCUT2D eigenvalue weighted by molar-refractivity contribution is -0.173. The molecule has 1 fully saturated rings. The summed E-state index contributed by atoms with van der Waals surface area (Å²) < 4.78 is 45.7. The molecule has 0 bridgehead atoms. The summed E-state index contributed by atoms with van der Waals surface area (Å²) in [6.07, 6.45) is -1.23. The van der Waals surface area contributed by atoms with Crippen LogP contribution in [0, 0.1) is 5.92 Å². The number of hydrogen-bond acceptors (Lipinski definition) is 3. The van der Waals surface area contributed by atoms with Crippen LogP contribution in [-0.4, -0.2) is 70.6 Å². The summed E-state index contributed by atoms with van der Waals surface area (Å²) in [6.45, 7) is 1.57. The first-order valence-corrected chi connectivity index (χ1v) is 7.56. The molecule has 0 aliphatic heterocycles. The van der Waals surface area contributed by atoms with Crippen molar-refractivity contribution in [3.8, 4) is 0 Å². The van der Waals surface area contributed by atoms with E-state index in [1.165, 1.54) is 12.8 Å². The van der Waals surface area contributed by atoms with Crippen molar-refractivity contribution in [2.75, 3.05) is 53.6 Å². The van der Waals surface area contributed by atoms with Crippen molar-refractivity contribution in [3.05, 3.63) is 0 Å². The normalized spacial score (nSPS) is 16.0. The van der Waals surface area contributed by atoms with Crippen LogP contribution < -0.4 is 5.32 Å². The molecule has 0 saturated heterocycles. The van der Waals surface area contributed by atoms with Gasteiger partial charge in [0, 0.05) is 40.4 Å². The zero-order chi connectivity index (χ0) is 16.4. The van der Waals surface area contributed by atoms with Crippen LogP contribution >= 0.6 is 0 Å². The van der Waals surface area contributed by atoms with E-state index in [0.717, 1.165) is 19.1 Å². The molecule has 0 radical (unpaired) electrons. The predicted molar refractivity (Wildman–Crippen MR) is 79.0 cm³/mol. The quantitative estimate of drug-likeness (QED) is 0.378. The zero-order valence-electron chi connectivity index (χ0n) is 13.3. The first-order valence-electron chi connectivity index (χ1n) is 7.56. The Hall–Kier alpha value is -1.02. The number of guanidine groups is 1. The van der Waals surface area contributed by atoms with Crippen molar-refractivity contribution in [1.29, 1.82) is 0 Å². The molecule has 0 aromatic rings. The van der Waals surface area contributed by atoms with Gasteiger partial charge in [0.25, 0.3) is 0 Å². The molecule has 1 aliphatic carbocycles. The summed E-state index contributed by atoms with van der Waals surface area (Å²) >= 11 is 0. The Morgan fingerprint density at radius 1 is 1.27 bits per heavy atom. The molecule has 0 aromatic heterocycles. The number of nitrogens with zero attached hydrogens (tertiary/aromatic N) is 2. The van der Waals surface area contributed by atoms with Gasteiger partial charge in [-0.2, -0.15) is 13.2 Å². The molecule has 1 aliphatic rings. The number of likely N-dealkylation sites (N-methyl/N-ethyl adjacent to an activating group) is 1. The Morgan fingerprint density at radius 2 is 2.00 bits per heavy atom. The molecule has 0 heterocycles. The zero-order valence-corrected chi connectivity index (χ0v) is 13.3. The molecule has 130 valence electrons. The molecular weight excluding hydrogens is 299 g/mol. The first kappa shape index (κ1) is 19.0. The van der Waals surface area contributed by atoms with Gasteiger partial charge in [0.15, 0.2) is 5.96 Å². The van der Waals surface area contributed by atoms with E-state index in [4.69, 9.17) is 4.74 Å². The van der Waals surface area contributed by atoms with Crippen molar-refractivity contribution in [3.63, 3.8) is 0 Å². The topological polar surface area (TPSA) is 46.1 Å². The number of nitrogens with one attached hydrogen (secondary N) is 1. The van der Waals surface area contributed by atoms with Gasteiger partial charge in [0.1, 0.15) is 6.61 Å². The van der Waals surface area contributed by atoms with E-state index in [2.05, 4.69) is 15.0 Å². The molecule has 22 heavy (non-hydrogen) atoms. The molecule has 8 heteroatoms. The van der Waals surface area contributed by atoms with Gasteiger partial charge in [-0.25, -0.2) is 0 Å². The molecule has 0 unspecified atom stereocenters. The molecule has 0 atom stereocenters. The lowest BCUT2D eigenvalue weighted by Gasteiger charge is -2.22. The van der Waals surface area contributed by atoms with Crippen LogP contribution in [0.4, 0.5) is 13.2 Å². The van der Waals surface area contributed by atoms with Crippen molar-refractivity contribution >= 4 is 5.96 Å². The third kappa shape index (κ3) is 9.83. The lowest BCUT2D eigenvalue weighted by atomic mass is 10.4. The summed E-state index contributed by atoms with van der Waals surface area (Å²) in [7, 11) is 3.57. The predicted octanol–water partition coefficient (Wildman–Crippen LogP) is 1.89. The van der Waals surface area contributed by atoms with E-state index in [9.17, 15) is 13.2 Å². The fraction of sp³-hybridized carbons (Fsp3) is 0.929. The fourth-order valence-corrected chi connectivity index (χ4v) is 1.79. The van der Waals surface area contributed by atoms with Gasteiger partial charge >= 0.3 is 6.18 Å². The summed E-state index contributed by atoms with van der Waals surface area (Å²) in [5.74, 6) is 1.45. The Morgan fingerprint density at radius 3 is 2.59 bits per heavy atom. The summed E-state index contributed by atoms with van der Waals surface area (Å²) in [4.78, 5) is 6.06. The number of hydrogen-bond donors (Lipinski definition) is 1. The van der Waals surface area contributed by atoms with Crippen LogP contribution in [0.1, 0.15) is 19.3 Å². The molecule has 5 nitrogen and oxygen atoms in total. The van der Waals surface area contributed by atoms with Crippen molar-refractivity contribution in [2.45, 2.75) is 25.4 Å². The highest BCUT2D eigenvalue weighted by molar-refractivity contribution is 5.79. The van der Waals surface area contributed by atoms with E-state index in [-0.39, 0.29) is 6.61 Å². The molecular formula is C14H26F3N3O2. The van der Waals surface area contributed by atoms with E-state index in [1.54, 1.807) is 7.05 Å². The standard InChI is InChI=1S/C14H26F3N3O2/c1-18-13(19-6-3-8-22-11-14(15,16)17)20(2)7-9-21-10-12-4-5-12/h12H,3-11H2,1-2H3,(H,18,19). The second-order valence-electron chi connectivity index (χ2n) is 5.44. The summed E-state index contributed by atoms with van der Waals surface area (Å²) in [5, 5.41) is 3.09. The smallest absolute Gasteiger partial charge is 0.379 e. The van der Waals surface area contributed by atoms with Gasteiger partial charge in [-0.15, -0.1) is 0 Å². The highest BCUT2D eigenvalue weighted by atomic mass is 19.4. The fourth-order valence-electron chi connectivity index (χ4n) is 1.79. The minimum absolute atomic E-state index is 0.0672. The Labute approximate surface area is 129 Å². The highest BCUT2D eigenvalue weighted by Crippen LogP contribution is 2.28. The minimum Gasteiger partial charge on any atom is -0.379 e. The van der Waals surface area contributed by atoms with Crippen LogP contribution in [0.3, 0.4) is 0 Å². The molecule has 0 aromatic carbocycles. The Kier molecular flexibility index (Phi) is 8.55. The van der Waals surface area contributed by atoms with E-state index in [1.807, 2.05) is 11.9 Å². The van der Waals surface area contributed by atoms with Crippen molar-refractivity contribution in [2.24, 2.45) is 10.9 Å². The maximum absolute atomic E-state index is 11.9. The van der Waals surface area contributed by atoms with Crippen LogP contribution in [0.15, 0.2) is 4.99 Å². The average molecular weight is 325 g/mol. The van der Waals surface area contributed by atoms with Crippen LogP contribution in [0.5, 0.6) is 0 Å². The average Bonchev–Trinajstić information content (AvgIpc) is 3.25. The van der Waals surface area contributed by atoms with Gasteiger partial charge in [-0.05, 0) is 25.2 Å². The lowest BCUT2D eigenvalue weighted by Crippen LogP contribution is -2.41. The Bertz CT molecular complexity index is 334. The SMILES string of the molecule is CN=C(NCCCOCC(F)(F)F)N(C)CCOCC1CC1. The van der Waals surface area contributed by atoms with E-state index >= 15 is 0 Å². The third-order valence-corrected chi connectivity index (χ3v) is 3.21. The van der Waals surface area contributed by atoms with Gasteiger partial charge in [-0.3, -0.25) is 4.99 Å². The number of aliphatic imine (C=N–C) groups is 1. The summed E-state index contributed by atoms with van der Waals surface area (Å²) in [6, 6.07) is 0.